The molecular formula is C19H20N4O. The van der Waals surface area contributed by atoms with Crippen LogP contribution < -0.4 is 5.32 Å². The molecule has 0 bridgehead atoms. The van der Waals surface area contributed by atoms with E-state index in [0.29, 0.717) is 24.3 Å². The molecule has 0 saturated carbocycles. The van der Waals surface area contributed by atoms with E-state index in [0.717, 1.165) is 19.6 Å². The van der Waals surface area contributed by atoms with E-state index < -0.39 is 0 Å². The van der Waals surface area contributed by atoms with E-state index in [1.807, 2.05) is 23.1 Å². The van der Waals surface area contributed by atoms with E-state index in [9.17, 15) is 4.79 Å². The van der Waals surface area contributed by atoms with Gasteiger partial charge in [-0.1, -0.05) is 36.4 Å². The van der Waals surface area contributed by atoms with E-state index in [1.165, 1.54) is 5.56 Å². The van der Waals surface area contributed by atoms with Crippen molar-refractivity contribution in [2.75, 3.05) is 31.5 Å². The fourth-order valence-electron chi connectivity index (χ4n) is 2.82. The molecule has 1 fully saturated rings. The van der Waals surface area contributed by atoms with Gasteiger partial charge in [-0.25, -0.2) is 4.79 Å². The van der Waals surface area contributed by atoms with E-state index in [-0.39, 0.29) is 6.03 Å². The van der Waals surface area contributed by atoms with Gasteiger partial charge in [0.1, 0.15) is 0 Å². The Hall–Kier alpha value is -2.84. The minimum absolute atomic E-state index is 0.107. The molecule has 1 aliphatic rings. The number of anilines is 1. The van der Waals surface area contributed by atoms with Crippen molar-refractivity contribution < 1.29 is 4.79 Å². The van der Waals surface area contributed by atoms with Crippen molar-refractivity contribution >= 4 is 11.7 Å². The van der Waals surface area contributed by atoms with E-state index in [4.69, 9.17) is 5.26 Å². The van der Waals surface area contributed by atoms with Gasteiger partial charge in [-0.3, -0.25) is 4.90 Å². The second kappa shape index (κ2) is 7.62. The Balaban J connectivity index is 1.51. The summed E-state index contributed by atoms with van der Waals surface area (Å²) in [6.07, 6.45) is 0. The van der Waals surface area contributed by atoms with Gasteiger partial charge in [0.25, 0.3) is 0 Å². The molecule has 1 heterocycles. The quantitative estimate of drug-likeness (QED) is 0.946. The fraction of sp³-hybridized carbons (Fsp3) is 0.263. The molecule has 5 heteroatoms. The smallest absolute Gasteiger partial charge is 0.321 e. The highest BCUT2D eigenvalue weighted by molar-refractivity contribution is 5.89. The van der Waals surface area contributed by atoms with Crippen molar-refractivity contribution in [2.24, 2.45) is 0 Å². The summed E-state index contributed by atoms with van der Waals surface area (Å²) in [5.41, 5.74) is 2.50. The molecule has 2 aromatic rings. The molecule has 5 nitrogen and oxygen atoms in total. The van der Waals surface area contributed by atoms with Gasteiger partial charge >= 0.3 is 6.03 Å². The molecule has 2 amide bonds. The highest BCUT2D eigenvalue weighted by Crippen LogP contribution is 2.13. The number of nitrogens with zero attached hydrogens (tertiary/aromatic N) is 3. The van der Waals surface area contributed by atoms with Crippen LogP contribution in [0.2, 0.25) is 0 Å². The summed E-state index contributed by atoms with van der Waals surface area (Å²) < 4.78 is 0. The SMILES string of the molecule is N#Cc1cccc(NC(=O)N2CCN(Cc3ccccc3)CC2)c1. The summed E-state index contributed by atoms with van der Waals surface area (Å²) in [4.78, 5) is 16.5. The number of piperazine rings is 1. The molecule has 0 unspecified atom stereocenters. The maximum absolute atomic E-state index is 12.3. The van der Waals surface area contributed by atoms with E-state index in [2.05, 4.69) is 28.4 Å². The molecule has 122 valence electrons. The largest absolute Gasteiger partial charge is 0.322 e. The highest BCUT2D eigenvalue weighted by atomic mass is 16.2. The Labute approximate surface area is 142 Å². The predicted octanol–water partition coefficient (Wildman–Crippen LogP) is 2.91. The van der Waals surface area contributed by atoms with Crippen LogP contribution in [0.25, 0.3) is 0 Å². The van der Waals surface area contributed by atoms with Crippen molar-refractivity contribution in [3.05, 3.63) is 65.7 Å². The molecule has 2 aromatic carbocycles. The lowest BCUT2D eigenvalue weighted by molar-refractivity contribution is 0.143. The standard InChI is InChI=1S/C19H20N4O/c20-14-17-7-4-8-18(13-17)21-19(24)23-11-9-22(10-12-23)15-16-5-2-1-3-6-16/h1-8,13H,9-12,15H2,(H,21,24). The fourth-order valence-corrected chi connectivity index (χ4v) is 2.82. The number of hydrogen-bond donors (Lipinski definition) is 1. The summed E-state index contributed by atoms with van der Waals surface area (Å²) in [7, 11) is 0. The van der Waals surface area contributed by atoms with Gasteiger partial charge in [0.15, 0.2) is 0 Å². The Kier molecular flexibility index (Phi) is 5.09. The van der Waals surface area contributed by atoms with Gasteiger partial charge in [-0.2, -0.15) is 5.26 Å². The minimum Gasteiger partial charge on any atom is -0.322 e. The third-order valence-corrected chi connectivity index (χ3v) is 4.15. The first-order valence-electron chi connectivity index (χ1n) is 8.07. The van der Waals surface area contributed by atoms with Crippen molar-refractivity contribution in [1.29, 1.82) is 5.26 Å². The van der Waals surface area contributed by atoms with Gasteiger partial charge in [0, 0.05) is 38.4 Å². The van der Waals surface area contributed by atoms with Gasteiger partial charge in [0.2, 0.25) is 0 Å². The van der Waals surface area contributed by atoms with Crippen molar-refractivity contribution in [2.45, 2.75) is 6.54 Å². The molecule has 0 radical (unpaired) electrons. The number of carbonyl (C=O) groups excluding carboxylic acids is 1. The maximum Gasteiger partial charge on any atom is 0.321 e. The summed E-state index contributed by atoms with van der Waals surface area (Å²) >= 11 is 0. The van der Waals surface area contributed by atoms with Crippen molar-refractivity contribution in [1.82, 2.24) is 9.80 Å². The van der Waals surface area contributed by atoms with Crippen LogP contribution in [-0.4, -0.2) is 42.0 Å². The van der Waals surface area contributed by atoms with Gasteiger partial charge in [-0.05, 0) is 23.8 Å². The number of urea groups is 1. The van der Waals surface area contributed by atoms with Crippen LogP contribution in [0.1, 0.15) is 11.1 Å². The molecule has 0 atom stereocenters. The molecule has 1 N–H and O–H groups in total. The topological polar surface area (TPSA) is 59.4 Å². The number of rotatable bonds is 3. The summed E-state index contributed by atoms with van der Waals surface area (Å²) in [6, 6.07) is 19.3. The summed E-state index contributed by atoms with van der Waals surface area (Å²) in [5.74, 6) is 0. The van der Waals surface area contributed by atoms with Crippen molar-refractivity contribution in [3.8, 4) is 6.07 Å². The molecule has 1 saturated heterocycles. The molecule has 1 aliphatic heterocycles. The van der Waals surface area contributed by atoms with E-state index >= 15 is 0 Å². The third-order valence-electron chi connectivity index (χ3n) is 4.15. The van der Waals surface area contributed by atoms with Crippen LogP contribution in [0.4, 0.5) is 10.5 Å². The summed E-state index contributed by atoms with van der Waals surface area (Å²) in [6.45, 7) is 4.05. The molecular weight excluding hydrogens is 300 g/mol. The first-order chi connectivity index (χ1) is 11.7. The average Bonchev–Trinajstić information content (AvgIpc) is 2.63. The molecule has 0 spiro atoms. The minimum atomic E-state index is -0.107. The van der Waals surface area contributed by atoms with Crippen LogP contribution in [0, 0.1) is 11.3 Å². The molecule has 24 heavy (non-hydrogen) atoms. The number of nitriles is 1. The normalized spacial score (nSPS) is 14.9. The number of nitrogens with one attached hydrogen (secondary N) is 1. The van der Waals surface area contributed by atoms with Crippen LogP contribution in [0.15, 0.2) is 54.6 Å². The molecule has 3 rings (SSSR count). The van der Waals surface area contributed by atoms with Gasteiger partial charge < -0.3 is 10.2 Å². The Bertz CT molecular complexity index is 731. The highest BCUT2D eigenvalue weighted by Gasteiger charge is 2.21. The van der Waals surface area contributed by atoms with Gasteiger partial charge in [0.05, 0.1) is 11.6 Å². The monoisotopic (exact) mass is 320 g/mol. The lowest BCUT2D eigenvalue weighted by Crippen LogP contribution is -2.49. The number of carbonyl (C=O) groups is 1. The predicted molar refractivity (Wildman–Crippen MR) is 93.5 cm³/mol. The summed E-state index contributed by atoms with van der Waals surface area (Å²) in [5, 5.41) is 11.8. The zero-order valence-electron chi connectivity index (χ0n) is 13.5. The zero-order chi connectivity index (χ0) is 16.8. The average molecular weight is 320 g/mol. The number of benzene rings is 2. The number of hydrogen-bond acceptors (Lipinski definition) is 3. The lowest BCUT2D eigenvalue weighted by Gasteiger charge is -2.34. The van der Waals surface area contributed by atoms with Crippen LogP contribution in [0.3, 0.4) is 0 Å². The van der Waals surface area contributed by atoms with Crippen LogP contribution in [0.5, 0.6) is 0 Å². The van der Waals surface area contributed by atoms with Gasteiger partial charge in [-0.15, -0.1) is 0 Å². The Morgan fingerprint density at radius 2 is 1.79 bits per heavy atom. The first-order valence-corrected chi connectivity index (χ1v) is 8.07. The lowest BCUT2D eigenvalue weighted by atomic mass is 10.2. The maximum atomic E-state index is 12.3. The van der Waals surface area contributed by atoms with Crippen LogP contribution >= 0.6 is 0 Å². The first kappa shape index (κ1) is 16.0. The van der Waals surface area contributed by atoms with Crippen molar-refractivity contribution in [3.63, 3.8) is 0 Å². The third kappa shape index (κ3) is 4.12. The van der Waals surface area contributed by atoms with E-state index in [1.54, 1.807) is 24.3 Å². The number of amides is 2. The zero-order valence-corrected chi connectivity index (χ0v) is 13.5. The second-order valence-electron chi connectivity index (χ2n) is 5.87. The molecule has 0 aromatic heterocycles. The Morgan fingerprint density at radius 3 is 2.50 bits per heavy atom. The second-order valence-corrected chi connectivity index (χ2v) is 5.87. The Morgan fingerprint density at radius 1 is 1.04 bits per heavy atom. The van der Waals surface area contributed by atoms with Crippen LogP contribution in [-0.2, 0) is 6.54 Å². The molecule has 0 aliphatic carbocycles.